The number of nitrogens with zero attached hydrogens (tertiary/aromatic N) is 4. The van der Waals surface area contributed by atoms with E-state index >= 15 is 0 Å². The van der Waals surface area contributed by atoms with Gasteiger partial charge in [-0.1, -0.05) is 18.5 Å². The van der Waals surface area contributed by atoms with Gasteiger partial charge >= 0.3 is 12.1 Å². The summed E-state index contributed by atoms with van der Waals surface area (Å²) in [6.45, 7) is 8.79. The Labute approximate surface area is 194 Å². The zero-order valence-electron chi connectivity index (χ0n) is 20.3. The first kappa shape index (κ1) is 29.9. The van der Waals surface area contributed by atoms with Crippen molar-refractivity contribution >= 4 is 23.9 Å². The molecule has 0 aromatic carbocycles. The quantitative estimate of drug-likeness (QED) is 0.0863. The van der Waals surface area contributed by atoms with Crippen molar-refractivity contribution in [3.8, 4) is 0 Å². The minimum absolute atomic E-state index is 0.0577. The summed E-state index contributed by atoms with van der Waals surface area (Å²) in [5, 5.41) is 9.80. The Kier molecular flexibility index (Phi) is 14.3. The summed E-state index contributed by atoms with van der Waals surface area (Å²) in [4.78, 5) is 51.1. The van der Waals surface area contributed by atoms with Crippen LogP contribution < -0.4 is 16.1 Å². The number of hydrazine groups is 1. The normalized spacial score (nSPS) is 12.7. The second kappa shape index (κ2) is 15.7. The number of esters is 1. The van der Waals surface area contributed by atoms with Crippen LogP contribution in [0.15, 0.2) is 5.11 Å². The summed E-state index contributed by atoms with van der Waals surface area (Å²) in [6.07, 6.45) is 0.970. The van der Waals surface area contributed by atoms with Gasteiger partial charge in [-0.3, -0.25) is 19.8 Å². The maximum absolute atomic E-state index is 12.5. The molecule has 0 spiro atoms. The SMILES string of the molecule is CCCCOC(=O)CN(C)NC(=O)C[C@H](CCN=[N+]=[N-])NC(=O)[C@H](C)NC(=O)OC(C)(C)C. The van der Waals surface area contributed by atoms with Crippen LogP contribution in [0.25, 0.3) is 10.4 Å². The lowest BCUT2D eigenvalue weighted by Crippen LogP contribution is -2.51. The lowest BCUT2D eigenvalue weighted by atomic mass is 10.1. The second-order valence-electron chi connectivity index (χ2n) is 8.49. The maximum Gasteiger partial charge on any atom is 0.408 e. The van der Waals surface area contributed by atoms with E-state index in [0.717, 1.165) is 12.8 Å². The van der Waals surface area contributed by atoms with Crippen LogP contribution in [0.2, 0.25) is 0 Å². The fourth-order valence-electron chi connectivity index (χ4n) is 2.45. The van der Waals surface area contributed by atoms with E-state index in [4.69, 9.17) is 15.0 Å². The topological polar surface area (TPSA) is 175 Å². The van der Waals surface area contributed by atoms with Crippen LogP contribution in [0, 0.1) is 0 Å². The number of carbonyl (C=O) groups excluding carboxylic acids is 4. The Morgan fingerprint density at radius 3 is 2.42 bits per heavy atom. The summed E-state index contributed by atoms with van der Waals surface area (Å²) in [7, 11) is 1.51. The highest BCUT2D eigenvalue weighted by Gasteiger charge is 2.24. The molecular formula is C20H37N7O6. The molecule has 0 unspecified atom stereocenters. The number of unbranched alkanes of at least 4 members (excludes halogenated alkanes) is 1. The summed E-state index contributed by atoms with van der Waals surface area (Å²) < 4.78 is 10.2. The van der Waals surface area contributed by atoms with Gasteiger partial charge in [0.15, 0.2) is 0 Å². The van der Waals surface area contributed by atoms with Gasteiger partial charge in [0.1, 0.15) is 18.2 Å². The van der Waals surface area contributed by atoms with E-state index in [1.54, 1.807) is 20.8 Å². The minimum atomic E-state index is -0.926. The van der Waals surface area contributed by atoms with Crippen molar-refractivity contribution < 1.29 is 28.7 Å². The number of likely N-dealkylation sites (N-methyl/N-ethyl adjacent to an activating group) is 1. The molecule has 3 N–H and O–H groups in total. The number of hydrogen-bond acceptors (Lipinski definition) is 8. The van der Waals surface area contributed by atoms with Crippen LogP contribution in [-0.2, 0) is 23.9 Å². The fraction of sp³-hybridized carbons (Fsp3) is 0.800. The van der Waals surface area contributed by atoms with Gasteiger partial charge in [0.2, 0.25) is 11.8 Å². The molecule has 0 rings (SSSR count). The average molecular weight is 472 g/mol. The van der Waals surface area contributed by atoms with E-state index < -0.39 is 41.6 Å². The van der Waals surface area contributed by atoms with Crippen molar-refractivity contribution in [2.45, 2.75) is 78.0 Å². The smallest absolute Gasteiger partial charge is 0.408 e. The Morgan fingerprint density at radius 2 is 1.85 bits per heavy atom. The van der Waals surface area contributed by atoms with Gasteiger partial charge in [0, 0.05) is 31.0 Å². The molecule has 0 bridgehead atoms. The minimum Gasteiger partial charge on any atom is -0.465 e. The molecule has 0 aliphatic rings. The predicted octanol–water partition coefficient (Wildman–Crippen LogP) is 1.78. The van der Waals surface area contributed by atoms with Gasteiger partial charge in [-0.25, -0.2) is 9.80 Å². The number of ether oxygens (including phenoxy) is 2. The molecule has 0 aliphatic carbocycles. The first-order chi connectivity index (χ1) is 15.4. The Morgan fingerprint density at radius 1 is 1.18 bits per heavy atom. The lowest BCUT2D eigenvalue weighted by Gasteiger charge is -2.24. The van der Waals surface area contributed by atoms with Gasteiger partial charge in [0.25, 0.3) is 0 Å². The Bertz CT molecular complexity index is 704. The number of azide groups is 1. The van der Waals surface area contributed by atoms with E-state index in [1.807, 2.05) is 6.92 Å². The van der Waals surface area contributed by atoms with Gasteiger partial charge in [-0.05, 0) is 46.1 Å². The fourth-order valence-corrected chi connectivity index (χ4v) is 2.45. The molecule has 0 aromatic heterocycles. The van der Waals surface area contributed by atoms with Gasteiger partial charge < -0.3 is 20.1 Å². The second-order valence-corrected chi connectivity index (χ2v) is 8.49. The number of hydrogen-bond donors (Lipinski definition) is 3. The third-order valence-electron chi connectivity index (χ3n) is 3.99. The van der Waals surface area contributed by atoms with E-state index in [-0.39, 0.29) is 25.9 Å². The Balaban J connectivity index is 4.79. The molecule has 0 aromatic rings. The molecule has 0 heterocycles. The third kappa shape index (κ3) is 16.3. The monoisotopic (exact) mass is 471 g/mol. The zero-order valence-corrected chi connectivity index (χ0v) is 20.3. The summed E-state index contributed by atoms with van der Waals surface area (Å²) >= 11 is 0. The van der Waals surface area contributed by atoms with E-state index in [0.29, 0.717) is 6.61 Å². The first-order valence-corrected chi connectivity index (χ1v) is 10.8. The van der Waals surface area contributed by atoms with E-state index in [2.05, 4.69) is 26.1 Å². The van der Waals surface area contributed by atoms with Crippen molar-refractivity contribution in [1.82, 2.24) is 21.1 Å². The molecule has 13 nitrogen and oxygen atoms in total. The van der Waals surface area contributed by atoms with Crippen molar-refractivity contribution in [2.75, 3.05) is 26.7 Å². The lowest BCUT2D eigenvalue weighted by molar-refractivity contribution is -0.146. The maximum atomic E-state index is 12.5. The van der Waals surface area contributed by atoms with Gasteiger partial charge in [0.05, 0.1) is 6.61 Å². The number of alkyl carbamates (subject to hydrolysis) is 1. The number of carbonyl (C=O) groups is 4. The summed E-state index contributed by atoms with van der Waals surface area (Å²) in [5.74, 6) is -1.47. The van der Waals surface area contributed by atoms with E-state index in [9.17, 15) is 19.2 Å². The highest BCUT2D eigenvalue weighted by atomic mass is 16.6. The van der Waals surface area contributed by atoms with Crippen molar-refractivity contribution in [3.63, 3.8) is 0 Å². The van der Waals surface area contributed by atoms with Crippen molar-refractivity contribution in [3.05, 3.63) is 10.4 Å². The van der Waals surface area contributed by atoms with Gasteiger partial charge in [-0.2, -0.15) is 0 Å². The summed E-state index contributed by atoms with van der Waals surface area (Å²) in [5.41, 5.74) is 10.3. The highest BCUT2D eigenvalue weighted by Crippen LogP contribution is 2.07. The highest BCUT2D eigenvalue weighted by molar-refractivity contribution is 5.86. The molecule has 0 saturated carbocycles. The molecule has 3 amide bonds. The molecule has 0 aliphatic heterocycles. The number of nitrogens with one attached hydrogen (secondary N) is 3. The van der Waals surface area contributed by atoms with Crippen LogP contribution in [0.3, 0.4) is 0 Å². The third-order valence-corrected chi connectivity index (χ3v) is 3.99. The van der Waals surface area contributed by atoms with Crippen LogP contribution in [-0.4, -0.2) is 73.3 Å². The summed E-state index contributed by atoms with van der Waals surface area (Å²) in [6, 6.07) is -1.60. The van der Waals surface area contributed by atoms with Crippen LogP contribution >= 0.6 is 0 Å². The van der Waals surface area contributed by atoms with Gasteiger partial charge in [-0.15, -0.1) is 0 Å². The largest absolute Gasteiger partial charge is 0.465 e. The van der Waals surface area contributed by atoms with Crippen LogP contribution in [0.5, 0.6) is 0 Å². The molecule has 33 heavy (non-hydrogen) atoms. The molecular weight excluding hydrogens is 434 g/mol. The molecule has 0 saturated heterocycles. The molecule has 0 fully saturated rings. The van der Waals surface area contributed by atoms with Crippen molar-refractivity contribution in [1.29, 1.82) is 0 Å². The average Bonchev–Trinajstić information content (AvgIpc) is 2.66. The standard InChI is InChI=1S/C20H37N7O6/c1-7-8-11-32-17(29)13-27(6)25-16(28)12-15(9-10-22-26-21)24-18(30)14(2)23-19(31)33-20(3,4)5/h14-15H,7-13H2,1-6H3,(H,23,31)(H,24,30)(H,25,28)/t14-,15-/m0/s1. The zero-order chi connectivity index (χ0) is 25.4. The Hall–Kier alpha value is -3.05. The van der Waals surface area contributed by atoms with E-state index in [1.165, 1.54) is 19.0 Å². The molecule has 0 radical (unpaired) electrons. The number of amides is 3. The van der Waals surface area contributed by atoms with Crippen LogP contribution in [0.4, 0.5) is 4.79 Å². The molecule has 2 atom stereocenters. The molecule has 13 heteroatoms. The first-order valence-electron chi connectivity index (χ1n) is 10.8. The van der Waals surface area contributed by atoms with Crippen molar-refractivity contribution in [2.24, 2.45) is 5.11 Å². The predicted molar refractivity (Wildman–Crippen MR) is 121 cm³/mol. The van der Waals surface area contributed by atoms with Crippen LogP contribution in [0.1, 0.15) is 60.3 Å². The molecule has 188 valence electrons. The number of rotatable bonds is 14.